The van der Waals surface area contributed by atoms with Crippen LogP contribution in [0.25, 0.3) is 0 Å². The van der Waals surface area contributed by atoms with Crippen LogP contribution in [-0.4, -0.2) is 50.8 Å². The molecule has 0 aromatic carbocycles. The van der Waals surface area contributed by atoms with Crippen molar-refractivity contribution in [1.29, 1.82) is 0 Å². The molecule has 0 spiro atoms. The van der Waals surface area contributed by atoms with E-state index in [9.17, 15) is 4.79 Å². The maximum absolute atomic E-state index is 10.8. The Morgan fingerprint density at radius 1 is 1.36 bits per heavy atom. The summed E-state index contributed by atoms with van der Waals surface area (Å²) in [4.78, 5) is 12.9. The normalized spacial score (nSPS) is 11.0. The number of carbonyl (C=O) groups excluding carboxylic acids is 1. The average Bonchev–Trinajstić information content (AvgIpc) is 2.13. The van der Waals surface area contributed by atoms with Gasteiger partial charge in [0.25, 0.3) is 0 Å². The molecule has 0 bridgehead atoms. The van der Waals surface area contributed by atoms with Gasteiger partial charge in [0.15, 0.2) is 0 Å². The van der Waals surface area contributed by atoms with Gasteiger partial charge in [-0.3, -0.25) is 4.79 Å². The lowest BCUT2D eigenvalue weighted by Gasteiger charge is -2.16. The first-order valence-electron chi connectivity index (χ1n) is 4.93. The van der Waals surface area contributed by atoms with Gasteiger partial charge < -0.3 is 14.4 Å². The Balaban J connectivity index is 3.36. The highest BCUT2D eigenvalue weighted by atomic mass is 16.5. The minimum absolute atomic E-state index is 0.165. The van der Waals surface area contributed by atoms with Crippen molar-refractivity contribution in [2.45, 2.75) is 26.4 Å². The van der Waals surface area contributed by atoms with E-state index in [2.05, 4.69) is 9.64 Å². The number of ether oxygens (including phenoxy) is 2. The molecule has 4 heteroatoms. The Morgan fingerprint density at radius 2 is 2.00 bits per heavy atom. The number of esters is 1. The summed E-state index contributed by atoms with van der Waals surface area (Å²) >= 11 is 0. The number of carbonyl (C=O) groups is 1. The van der Waals surface area contributed by atoms with Crippen LogP contribution in [-0.2, 0) is 14.3 Å². The molecule has 0 amide bonds. The smallest absolute Gasteiger partial charge is 0.306 e. The zero-order valence-electron chi connectivity index (χ0n) is 9.58. The number of likely N-dealkylation sites (N-methyl/N-ethyl adjacent to an activating group) is 1. The summed E-state index contributed by atoms with van der Waals surface area (Å²) in [6, 6.07) is 0. The number of rotatable bonds is 7. The van der Waals surface area contributed by atoms with Crippen LogP contribution >= 0.6 is 0 Å². The van der Waals surface area contributed by atoms with Crippen LogP contribution in [0.2, 0.25) is 0 Å². The first kappa shape index (κ1) is 13.4. The fourth-order valence-corrected chi connectivity index (χ4v) is 0.940. The molecule has 4 nitrogen and oxygen atoms in total. The van der Waals surface area contributed by atoms with Crippen LogP contribution in [0.4, 0.5) is 0 Å². The second kappa shape index (κ2) is 7.76. The van der Waals surface area contributed by atoms with Gasteiger partial charge in [0, 0.05) is 13.1 Å². The van der Waals surface area contributed by atoms with E-state index < -0.39 is 0 Å². The minimum Gasteiger partial charge on any atom is -0.469 e. The van der Waals surface area contributed by atoms with Gasteiger partial charge in [0.05, 0.1) is 26.2 Å². The summed E-state index contributed by atoms with van der Waals surface area (Å²) in [6.07, 6.45) is 0.707. The molecule has 0 N–H and O–H groups in total. The zero-order valence-corrected chi connectivity index (χ0v) is 9.58. The van der Waals surface area contributed by atoms with E-state index in [1.807, 2.05) is 20.9 Å². The molecule has 0 rings (SSSR count). The third-order valence-corrected chi connectivity index (χ3v) is 1.85. The first-order chi connectivity index (χ1) is 6.56. The van der Waals surface area contributed by atoms with E-state index in [-0.39, 0.29) is 12.1 Å². The molecule has 0 aromatic heterocycles. The van der Waals surface area contributed by atoms with Crippen molar-refractivity contribution in [3.05, 3.63) is 0 Å². The average molecular weight is 203 g/mol. The maximum atomic E-state index is 10.8. The predicted molar refractivity (Wildman–Crippen MR) is 55.2 cm³/mol. The van der Waals surface area contributed by atoms with Gasteiger partial charge in [-0.2, -0.15) is 0 Å². The molecule has 0 saturated carbocycles. The van der Waals surface area contributed by atoms with Crippen LogP contribution < -0.4 is 0 Å². The molecule has 0 aliphatic rings. The topological polar surface area (TPSA) is 38.8 Å². The Labute approximate surface area is 86.2 Å². The molecule has 0 fully saturated rings. The summed E-state index contributed by atoms with van der Waals surface area (Å²) in [5.74, 6) is -0.165. The molecule has 0 unspecified atom stereocenters. The predicted octanol–water partition coefficient (Wildman–Crippen LogP) is 0.906. The molecule has 0 saturated heterocycles. The Kier molecular flexibility index (Phi) is 7.42. The van der Waals surface area contributed by atoms with Gasteiger partial charge in [-0.15, -0.1) is 0 Å². The van der Waals surface area contributed by atoms with Crippen LogP contribution in [0.3, 0.4) is 0 Å². The molecule has 0 heterocycles. The van der Waals surface area contributed by atoms with Gasteiger partial charge >= 0.3 is 5.97 Å². The molecule has 14 heavy (non-hydrogen) atoms. The Hall–Kier alpha value is -0.610. The molecule has 0 aliphatic heterocycles. The standard InChI is InChI=1S/C10H21NO3/c1-9(2)14-8-7-11(3)6-5-10(12)13-4/h9H,5-8H2,1-4H3. The van der Waals surface area contributed by atoms with E-state index in [0.717, 1.165) is 6.54 Å². The van der Waals surface area contributed by atoms with Gasteiger partial charge in [-0.05, 0) is 20.9 Å². The SMILES string of the molecule is COC(=O)CCN(C)CCOC(C)C. The molecule has 0 atom stereocenters. The maximum Gasteiger partial charge on any atom is 0.306 e. The van der Waals surface area contributed by atoms with E-state index in [1.165, 1.54) is 7.11 Å². The van der Waals surface area contributed by atoms with E-state index >= 15 is 0 Å². The van der Waals surface area contributed by atoms with E-state index in [4.69, 9.17) is 4.74 Å². The Bertz CT molecular complexity index is 159. The molecular formula is C10H21NO3. The van der Waals surface area contributed by atoms with Crippen LogP contribution in [0.5, 0.6) is 0 Å². The lowest BCUT2D eigenvalue weighted by molar-refractivity contribution is -0.140. The largest absolute Gasteiger partial charge is 0.469 e. The van der Waals surface area contributed by atoms with Crippen LogP contribution in [0.1, 0.15) is 20.3 Å². The number of nitrogens with zero attached hydrogens (tertiary/aromatic N) is 1. The highest BCUT2D eigenvalue weighted by Gasteiger charge is 2.04. The van der Waals surface area contributed by atoms with Crippen molar-refractivity contribution in [3.63, 3.8) is 0 Å². The third-order valence-electron chi connectivity index (χ3n) is 1.85. The van der Waals surface area contributed by atoms with Crippen molar-refractivity contribution in [3.8, 4) is 0 Å². The van der Waals surface area contributed by atoms with Crippen molar-refractivity contribution >= 4 is 5.97 Å². The second-order valence-corrected chi connectivity index (χ2v) is 3.55. The first-order valence-corrected chi connectivity index (χ1v) is 4.93. The lowest BCUT2D eigenvalue weighted by atomic mass is 10.4. The number of methoxy groups -OCH3 is 1. The zero-order chi connectivity index (χ0) is 11.0. The highest BCUT2D eigenvalue weighted by molar-refractivity contribution is 5.69. The van der Waals surface area contributed by atoms with Gasteiger partial charge in [0.2, 0.25) is 0 Å². The fraction of sp³-hybridized carbons (Fsp3) is 0.900. The van der Waals surface area contributed by atoms with Crippen LogP contribution in [0.15, 0.2) is 0 Å². The quantitative estimate of drug-likeness (QED) is 0.576. The third kappa shape index (κ3) is 8.01. The monoisotopic (exact) mass is 203 g/mol. The summed E-state index contributed by atoms with van der Waals surface area (Å²) in [7, 11) is 3.37. The second-order valence-electron chi connectivity index (χ2n) is 3.55. The van der Waals surface area contributed by atoms with Crippen molar-refractivity contribution in [1.82, 2.24) is 4.90 Å². The molecule has 84 valence electrons. The van der Waals surface area contributed by atoms with Gasteiger partial charge in [-0.25, -0.2) is 0 Å². The van der Waals surface area contributed by atoms with Crippen molar-refractivity contribution in [2.24, 2.45) is 0 Å². The number of hydrogen-bond donors (Lipinski definition) is 0. The summed E-state index contributed by atoms with van der Waals surface area (Å²) in [5.41, 5.74) is 0. The molecular weight excluding hydrogens is 182 g/mol. The minimum atomic E-state index is -0.165. The highest BCUT2D eigenvalue weighted by Crippen LogP contribution is 1.92. The number of hydrogen-bond acceptors (Lipinski definition) is 4. The molecule has 0 aliphatic carbocycles. The fourth-order valence-electron chi connectivity index (χ4n) is 0.940. The van der Waals surface area contributed by atoms with Gasteiger partial charge in [0.1, 0.15) is 0 Å². The van der Waals surface area contributed by atoms with E-state index in [0.29, 0.717) is 19.6 Å². The molecule has 0 radical (unpaired) electrons. The van der Waals surface area contributed by atoms with Gasteiger partial charge in [-0.1, -0.05) is 0 Å². The summed E-state index contributed by atoms with van der Waals surface area (Å²) in [5, 5.41) is 0. The molecule has 0 aromatic rings. The summed E-state index contributed by atoms with van der Waals surface area (Å²) in [6.45, 7) is 6.28. The van der Waals surface area contributed by atoms with E-state index in [1.54, 1.807) is 0 Å². The Morgan fingerprint density at radius 3 is 2.50 bits per heavy atom. The van der Waals surface area contributed by atoms with Crippen LogP contribution in [0, 0.1) is 0 Å². The van der Waals surface area contributed by atoms with Crippen molar-refractivity contribution < 1.29 is 14.3 Å². The lowest BCUT2D eigenvalue weighted by Crippen LogP contribution is -2.27. The summed E-state index contributed by atoms with van der Waals surface area (Å²) < 4.78 is 9.93. The van der Waals surface area contributed by atoms with Crippen molar-refractivity contribution in [2.75, 3.05) is 33.9 Å².